The van der Waals surface area contributed by atoms with Gasteiger partial charge in [0.15, 0.2) is 11.5 Å². The van der Waals surface area contributed by atoms with E-state index in [0.29, 0.717) is 38.5 Å². The predicted molar refractivity (Wildman–Crippen MR) is 141 cm³/mol. The first kappa shape index (κ1) is 25.5. The minimum absolute atomic E-state index is 0.00234. The standard InChI is InChI=1S/C27H33N7O4/c1-18(2)22-14-25(31-27(30-22)33-9-8-28-16-33)34-11-10-32(19(3)35)15-21(34)13-26(36)29-7-6-20-4-5-23-24(12-20)38-17-37-23/h4-5,8-9,12,14,16,18,21H,6-7,10-11,13,15,17H2,1-3H3,(H,29,36). The Bertz CT molecular complexity index is 1290. The van der Waals surface area contributed by atoms with E-state index >= 15 is 0 Å². The Morgan fingerprint density at radius 3 is 2.74 bits per heavy atom. The van der Waals surface area contributed by atoms with Crippen LogP contribution in [0.1, 0.15) is 44.4 Å². The number of hydrogen-bond donors (Lipinski definition) is 1. The second kappa shape index (κ2) is 11.1. The fourth-order valence-corrected chi connectivity index (χ4v) is 4.72. The summed E-state index contributed by atoms with van der Waals surface area (Å²) in [6.45, 7) is 8.07. The number of nitrogens with zero attached hydrogens (tertiary/aromatic N) is 6. The zero-order valence-corrected chi connectivity index (χ0v) is 22.0. The maximum atomic E-state index is 13.0. The number of aromatic nitrogens is 4. The lowest BCUT2D eigenvalue weighted by Crippen LogP contribution is -2.56. The highest BCUT2D eigenvalue weighted by atomic mass is 16.7. The number of carbonyl (C=O) groups excluding carboxylic acids is 2. The molecule has 5 rings (SSSR count). The molecule has 2 aliphatic heterocycles. The molecule has 11 nitrogen and oxygen atoms in total. The molecule has 1 saturated heterocycles. The lowest BCUT2D eigenvalue weighted by Gasteiger charge is -2.41. The smallest absolute Gasteiger partial charge is 0.237 e. The molecule has 0 spiro atoms. The Balaban J connectivity index is 1.30. The van der Waals surface area contributed by atoms with E-state index < -0.39 is 0 Å². The molecule has 0 bridgehead atoms. The summed E-state index contributed by atoms with van der Waals surface area (Å²) in [5, 5.41) is 3.04. The van der Waals surface area contributed by atoms with Gasteiger partial charge in [0.25, 0.3) is 0 Å². The Morgan fingerprint density at radius 1 is 1.13 bits per heavy atom. The third kappa shape index (κ3) is 5.71. The minimum atomic E-state index is -0.219. The van der Waals surface area contributed by atoms with E-state index in [4.69, 9.17) is 19.4 Å². The number of imidazole rings is 1. The first-order chi connectivity index (χ1) is 18.4. The average molecular weight is 520 g/mol. The van der Waals surface area contributed by atoms with Crippen molar-refractivity contribution >= 4 is 17.6 Å². The molecule has 0 aliphatic carbocycles. The fourth-order valence-electron chi connectivity index (χ4n) is 4.72. The normalized spacial score (nSPS) is 16.7. The molecule has 4 heterocycles. The van der Waals surface area contributed by atoms with Crippen LogP contribution in [-0.2, 0) is 16.0 Å². The number of carbonyl (C=O) groups is 2. The summed E-state index contributed by atoms with van der Waals surface area (Å²) in [7, 11) is 0. The molecule has 1 atom stereocenters. The van der Waals surface area contributed by atoms with Gasteiger partial charge in [0, 0.05) is 58.0 Å². The second-order valence-electron chi connectivity index (χ2n) is 9.88. The number of rotatable bonds is 8. The van der Waals surface area contributed by atoms with Crippen molar-refractivity contribution in [3.63, 3.8) is 0 Å². The maximum absolute atomic E-state index is 13.0. The molecule has 1 N–H and O–H groups in total. The van der Waals surface area contributed by atoms with E-state index in [1.165, 1.54) is 0 Å². The Hall–Kier alpha value is -4.15. The van der Waals surface area contributed by atoms with E-state index in [-0.39, 0.29) is 37.0 Å². The second-order valence-corrected chi connectivity index (χ2v) is 9.88. The van der Waals surface area contributed by atoms with Gasteiger partial charge < -0.3 is 24.6 Å². The van der Waals surface area contributed by atoms with Crippen LogP contribution < -0.4 is 19.7 Å². The molecule has 2 aliphatic rings. The third-order valence-corrected chi connectivity index (χ3v) is 6.86. The van der Waals surface area contributed by atoms with Crippen LogP contribution in [0.2, 0.25) is 0 Å². The highest BCUT2D eigenvalue weighted by Gasteiger charge is 2.31. The van der Waals surface area contributed by atoms with E-state index in [1.54, 1.807) is 28.9 Å². The van der Waals surface area contributed by atoms with E-state index in [9.17, 15) is 9.59 Å². The number of ether oxygens (including phenoxy) is 2. The van der Waals surface area contributed by atoms with Gasteiger partial charge in [0.05, 0.1) is 11.7 Å². The minimum Gasteiger partial charge on any atom is -0.454 e. The van der Waals surface area contributed by atoms with Crippen molar-refractivity contribution in [3.8, 4) is 17.4 Å². The van der Waals surface area contributed by atoms with Gasteiger partial charge in [-0.3, -0.25) is 14.2 Å². The van der Waals surface area contributed by atoms with Gasteiger partial charge in [-0.1, -0.05) is 19.9 Å². The van der Waals surface area contributed by atoms with E-state index in [2.05, 4.69) is 29.0 Å². The molecule has 0 radical (unpaired) electrons. The SMILES string of the molecule is CC(=O)N1CCN(c2cc(C(C)C)nc(-n3ccnc3)n2)C(CC(=O)NCCc2ccc3c(c2)OCO3)C1. The summed E-state index contributed by atoms with van der Waals surface area (Å²) < 4.78 is 12.6. The molecule has 11 heteroatoms. The molecular weight excluding hydrogens is 486 g/mol. The monoisotopic (exact) mass is 519 g/mol. The van der Waals surface area contributed by atoms with Gasteiger partial charge in [-0.05, 0) is 30.0 Å². The zero-order valence-electron chi connectivity index (χ0n) is 22.0. The summed E-state index contributed by atoms with van der Waals surface area (Å²) in [6.07, 6.45) is 6.08. The van der Waals surface area contributed by atoms with Crippen molar-refractivity contribution in [3.05, 3.63) is 54.2 Å². The lowest BCUT2D eigenvalue weighted by molar-refractivity contribution is -0.130. The van der Waals surface area contributed by atoms with Gasteiger partial charge in [-0.15, -0.1) is 0 Å². The molecule has 38 heavy (non-hydrogen) atoms. The Morgan fingerprint density at radius 2 is 1.97 bits per heavy atom. The van der Waals surface area contributed by atoms with Crippen LogP contribution in [-0.4, -0.2) is 75.2 Å². The summed E-state index contributed by atoms with van der Waals surface area (Å²) in [5.74, 6) is 2.87. The number of nitrogens with one attached hydrogen (secondary N) is 1. The molecule has 1 unspecified atom stereocenters. The Kier molecular flexibility index (Phi) is 7.43. The summed E-state index contributed by atoms with van der Waals surface area (Å²) in [5.41, 5.74) is 1.96. The average Bonchev–Trinajstić information content (AvgIpc) is 3.60. The number of piperazine rings is 1. The fraction of sp³-hybridized carbons (Fsp3) is 0.444. The molecular formula is C27H33N7O4. The van der Waals surface area contributed by atoms with Crippen molar-refractivity contribution in [1.82, 2.24) is 29.7 Å². The number of hydrogen-bond acceptors (Lipinski definition) is 8. The quantitative estimate of drug-likeness (QED) is 0.482. The van der Waals surface area contributed by atoms with Crippen LogP contribution in [0, 0.1) is 0 Å². The van der Waals surface area contributed by atoms with E-state index in [1.807, 2.05) is 30.5 Å². The van der Waals surface area contributed by atoms with Crippen molar-refractivity contribution < 1.29 is 19.1 Å². The number of benzene rings is 1. The number of fused-ring (bicyclic) bond motifs is 1. The van der Waals surface area contributed by atoms with Crippen LogP contribution >= 0.6 is 0 Å². The van der Waals surface area contributed by atoms with Gasteiger partial charge in [-0.25, -0.2) is 9.97 Å². The Labute approximate surface area is 221 Å². The molecule has 2 aromatic heterocycles. The largest absolute Gasteiger partial charge is 0.454 e. The van der Waals surface area contributed by atoms with Crippen LogP contribution in [0.5, 0.6) is 11.5 Å². The zero-order chi connectivity index (χ0) is 26.6. The summed E-state index contributed by atoms with van der Waals surface area (Å²) in [4.78, 5) is 42.8. The molecule has 2 amide bonds. The number of anilines is 1. The molecule has 200 valence electrons. The van der Waals surface area contributed by atoms with Crippen molar-refractivity contribution in [2.24, 2.45) is 0 Å². The number of amides is 2. The van der Waals surface area contributed by atoms with Gasteiger partial charge in [0.2, 0.25) is 24.6 Å². The summed E-state index contributed by atoms with van der Waals surface area (Å²) >= 11 is 0. The van der Waals surface area contributed by atoms with Crippen molar-refractivity contribution in [2.45, 2.75) is 45.6 Å². The van der Waals surface area contributed by atoms with Crippen molar-refractivity contribution in [1.29, 1.82) is 0 Å². The van der Waals surface area contributed by atoms with Crippen LogP contribution in [0.25, 0.3) is 5.95 Å². The first-order valence-electron chi connectivity index (χ1n) is 12.9. The first-order valence-corrected chi connectivity index (χ1v) is 12.9. The van der Waals surface area contributed by atoms with Gasteiger partial charge >= 0.3 is 0 Å². The molecule has 3 aromatic rings. The lowest BCUT2D eigenvalue weighted by atomic mass is 10.1. The highest BCUT2D eigenvalue weighted by Crippen LogP contribution is 2.32. The predicted octanol–water partition coefficient (Wildman–Crippen LogP) is 2.30. The maximum Gasteiger partial charge on any atom is 0.237 e. The summed E-state index contributed by atoms with van der Waals surface area (Å²) in [6, 6.07) is 7.58. The highest BCUT2D eigenvalue weighted by molar-refractivity contribution is 5.78. The molecule has 0 saturated carbocycles. The van der Waals surface area contributed by atoms with E-state index in [0.717, 1.165) is 28.6 Å². The third-order valence-electron chi connectivity index (χ3n) is 6.86. The van der Waals surface area contributed by atoms with Crippen LogP contribution in [0.4, 0.5) is 5.82 Å². The van der Waals surface area contributed by atoms with Crippen molar-refractivity contribution in [2.75, 3.05) is 37.9 Å². The topological polar surface area (TPSA) is 115 Å². The van der Waals surface area contributed by atoms with Crippen LogP contribution in [0.3, 0.4) is 0 Å². The molecule has 1 fully saturated rings. The molecule has 1 aromatic carbocycles. The van der Waals surface area contributed by atoms with Crippen LogP contribution in [0.15, 0.2) is 43.0 Å². The van der Waals surface area contributed by atoms with Gasteiger partial charge in [0.1, 0.15) is 12.1 Å². The van der Waals surface area contributed by atoms with Gasteiger partial charge in [-0.2, -0.15) is 4.98 Å².